The molecule has 1 radical (unpaired) electrons. The summed E-state index contributed by atoms with van der Waals surface area (Å²) >= 11 is 0. The fourth-order valence-electron chi connectivity index (χ4n) is 1.43. The zero-order chi connectivity index (χ0) is 14.1. The smallest absolute Gasteiger partial charge is 0.340 e. The second-order valence-corrected chi connectivity index (χ2v) is 3.89. The van der Waals surface area contributed by atoms with Crippen LogP contribution < -0.4 is 0 Å². The zero-order valence-electron chi connectivity index (χ0n) is 11.1. The topological polar surface area (TPSA) is 63.8 Å². The molecule has 0 aliphatic rings. The number of hydrogen-bond acceptors (Lipinski definition) is 4. The maximum atomic E-state index is 11.7. The molecular formula is C14H16CuN2O3. The Morgan fingerprint density at radius 1 is 1.40 bits per heavy atom. The van der Waals surface area contributed by atoms with Crippen LogP contribution >= 0.6 is 0 Å². The van der Waals surface area contributed by atoms with Crippen molar-refractivity contribution in [1.82, 2.24) is 4.98 Å². The zero-order valence-corrected chi connectivity index (χ0v) is 12.0. The van der Waals surface area contributed by atoms with Gasteiger partial charge >= 0.3 is 11.7 Å². The Morgan fingerprint density at radius 3 is 2.60 bits per heavy atom. The molecule has 0 aliphatic heterocycles. The maximum Gasteiger partial charge on any atom is 0.340 e. The van der Waals surface area contributed by atoms with E-state index in [4.69, 9.17) is 11.3 Å². The molecule has 5 nitrogen and oxygen atoms in total. The van der Waals surface area contributed by atoms with Crippen molar-refractivity contribution in [3.63, 3.8) is 0 Å². The van der Waals surface area contributed by atoms with Crippen molar-refractivity contribution in [3.05, 3.63) is 47.2 Å². The van der Waals surface area contributed by atoms with Gasteiger partial charge in [-0.3, -0.25) is 9.78 Å². The molecule has 0 atom stereocenters. The Morgan fingerprint density at radius 2 is 2.05 bits per heavy atom. The van der Waals surface area contributed by atoms with Crippen LogP contribution in [0.2, 0.25) is 0 Å². The Bertz CT molecular complexity index is 495. The van der Waals surface area contributed by atoms with Crippen molar-refractivity contribution in [2.45, 2.75) is 26.2 Å². The maximum absolute atomic E-state index is 11.7. The van der Waals surface area contributed by atoms with Gasteiger partial charge in [-0.1, -0.05) is 19.8 Å². The van der Waals surface area contributed by atoms with E-state index in [0.717, 1.165) is 19.3 Å². The molecular weight excluding hydrogens is 308 g/mol. The quantitative estimate of drug-likeness (QED) is 0.218. The number of unbranched alkanes of at least 4 members (excludes halogenated alkanes) is 2. The van der Waals surface area contributed by atoms with Gasteiger partial charge in [0.2, 0.25) is 0 Å². The molecule has 0 bridgehead atoms. The number of rotatable bonds is 6. The van der Waals surface area contributed by atoms with Gasteiger partial charge < -0.3 is 9.84 Å². The van der Waals surface area contributed by atoms with Gasteiger partial charge in [0.15, 0.2) is 0 Å². The first kappa shape index (κ1) is 18.2. The van der Waals surface area contributed by atoms with E-state index >= 15 is 0 Å². The fraction of sp³-hybridized carbons (Fsp3) is 0.357. The van der Waals surface area contributed by atoms with Gasteiger partial charge in [0.05, 0.1) is 13.2 Å². The Balaban J connectivity index is 0.00000361. The minimum atomic E-state index is -0.791. The number of hydrogen-bond donors (Lipinski definition) is 1. The Hall–Kier alpha value is -1.83. The molecule has 0 amide bonds. The molecule has 1 heterocycles. The number of esters is 1. The third-order valence-electron chi connectivity index (χ3n) is 2.46. The van der Waals surface area contributed by atoms with Crippen molar-refractivity contribution in [3.8, 4) is 0 Å². The molecule has 0 spiro atoms. The predicted octanol–water partition coefficient (Wildman–Crippen LogP) is 2.96. The summed E-state index contributed by atoms with van der Waals surface area (Å²) in [5.41, 5.74) is -0.0331. The van der Waals surface area contributed by atoms with Crippen LogP contribution in [-0.4, -0.2) is 22.7 Å². The first-order valence-corrected chi connectivity index (χ1v) is 6.09. The van der Waals surface area contributed by atoms with Crippen molar-refractivity contribution >= 4 is 11.7 Å². The third-order valence-corrected chi connectivity index (χ3v) is 2.46. The summed E-state index contributed by atoms with van der Waals surface area (Å²) in [7, 11) is 0. The van der Waals surface area contributed by atoms with E-state index in [1.54, 1.807) is 0 Å². The fourth-order valence-corrected chi connectivity index (χ4v) is 1.43. The number of pyridine rings is 1. The van der Waals surface area contributed by atoms with Crippen molar-refractivity contribution in [1.29, 1.82) is 0 Å². The Kier molecular flexibility index (Phi) is 9.10. The molecule has 1 aromatic heterocycles. The summed E-state index contributed by atoms with van der Waals surface area (Å²) < 4.78 is 4.95. The van der Waals surface area contributed by atoms with Crippen LogP contribution in [0.25, 0.3) is 10.6 Å². The summed E-state index contributed by atoms with van der Waals surface area (Å²) in [5, 5.41) is 9.89. The molecule has 0 unspecified atom stereocenters. The van der Waals surface area contributed by atoms with Crippen LogP contribution in [0.15, 0.2) is 30.2 Å². The average molecular weight is 324 g/mol. The second-order valence-electron chi connectivity index (χ2n) is 3.89. The summed E-state index contributed by atoms with van der Waals surface area (Å²) in [6, 6.07) is 3.04. The third kappa shape index (κ3) is 5.43. The van der Waals surface area contributed by atoms with Gasteiger partial charge in [-0.2, -0.15) is 0 Å². The van der Waals surface area contributed by atoms with E-state index < -0.39 is 11.7 Å². The molecule has 0 saturated carbocycles. The van der Waals surface area contributed by atoms with Crippen molar-refractivity contribution < 1.29 is 31.7 Å². The number of ether oxygens (including phenoxy) is 1. The van der Waals surface area contributed by atoms with Crippen LogP contribution in [-0.2, 0) is 26.6 Å². The standard InChI is InChI=1S/C14H16N2O3.Cu/c1-3-4-5-10-19-14(18)12(15-2)13(17)11-6-8-16-9-7-11;/h6-9,17H,3-5,10H2,1H3;/b13-12+;. The van der Waals surface area contributed by atoms with Crippen molar-refractivity contribution in [2.24, 2.45) is 0 Å². The van der Waals surface area contributed by atoms with E-state index in [1.165, 1.54) is 24.5 Å². The first-order valence-electron chi connectivity index (χ1n) is 6.09. The average Bonchev–Trinajstić information content (AvgIpc) is 2.45. The van der Waals surface area contributed by atoms with Crippen LogP contribution in [0.4, 0.5) is 0 Å². The van der Waals surface area contributed by atoms with E-state index in [-0.39, 0.29) is 29.4 Å². The van der Waals surface area contributed by atoms with Gasteiger partial charge in [-0.25, -0.2) is 4.85 Å². The Labute approximate surface area is 129 Å². The van der Waals surface area contributed by atoms with Crippen LogP contribution in [0.3, 0.4) is 0 Å². The van der Waals surface area contributed by atoms with E-state index in [9.17, 15) is 9.90 Å². The molecule has 20 heavy (non-hydrogen) atoms. The molecule has 6 heteroatoms. The monoisotopic (exact) mass is 323 g/mol. The van der Waals surface area contributed by atoms with Crippen LogP contribution in [0.1, 0.15) is 31.7 Å². The van der Waals surface area contributed by atoms with E-state index in [2.05, 4.69) is 9.83 Å². The molecule has 0 saturated heterocycles. The summed E-state index contributed by atoms with van der Waals surface area (Å²) in [6.07, 6.45) is 5.68. The van der Waals surface area contributed by atoms with Crippen LogP contribution in [0.5, 0.6) is 0 Å². The number of aliphatic hydroxyl groups is 1. The minimum absolute atomic E-state index is 0. The van der Waals surface area contributed by atoms with Gasteiger partial charge in [-0.05, 0) is 18.6 Å². The molecule has 111 valence electrons. The van der Waals surface area contributed by atoms with E-state index in [0.29, 0.717) is 5.56 Å². The number of aliphatic hydroxyl groups excluding tert-OH is 1. The minimum Gasteiger partial charge on any atom is -0.518 e. The number of carbonyl (C=O) groups is 1. The summed E-state index contributed by atoms with van der Waals surface area (Å²) in [6.45, 7) is 9.28. The van der Waals surface area contributed by atoms with Gasteiger partial charge in [0.25, 0.3) is 0 Å². The molecule has 1 rings (SSSR count). The number of nitrogens with zero attached hydrogens (tertiary/aromatic N) is 2. The summed E-state index contributed by atoms with van der Waals surface area (Å²) in [5.74, 6) is -1.17. The van der Waals surface area contributed by atoms with Gasteiger partial charge in [0, 0.05) is 35.0 Å². The summed E-state index contributed by atoms with van der Waals surface area (Å²) in [4.78, 5) is 18.5. The van der Waals surface area contributed by atoms with Crippen LogP contribution in [0, 0.1) is 6.57 Å². The molecule has 1 N–H and O–H groups in total. The van der Waals surface area contributed by atoms with E-state index in [1.807, 2.05) is 6.92 Å². The van der Waals surface area contributed by atoms with Gasteiger partial charge in [0.1, 0.15) is 5.76 Å². The van der Waals surface area contributed by atoms with Crippen molar-refractivity contribution in [2.75, 3.05) is 6.61 Å². The molecule has 0 aliphatic carbocycles. The predicted molar refractivity (Wildman–Crippen MR) is 70.9 cm³/mol. The number of carbonyl (C=O) groups excluding carboxylic acids is 1. The molecule has 0 fully saturated rings. The molecule has 1 aromatic rings. The normalized spacial score (nSPS) is 10.8. The van der Waals surface area contributed by atoms with Gasteiger partial charge in [-0.15, -0.1) is 0 Å². The SMILES string of the molecule is [C-]#[N+]/C(C(=O)OCCCCC)=C(/O)c1ccncc1.[Cu]. The largest absolute Gasteiger partial charge is 0.518 e. The second kappa shape index (κ2) is 10.0. The molecule has 0 aromatic carbocycles. The number of aromatic nitrogens is 1. The first-order chi connectivity index (χ1) is 9.20.